The van der Waals surface area contributed by atoms with E-state index in [9.17, 15) is 13.2 Å². The van der Waals surface area contributed by atoms with Crippen molar-refractivity contribution < 1.29 is 17.9 Å². The Morgan fingerprint density at radius 1 is 1.12 bits per heavy atom. The maximum atomic E-state index is 12.4. The summed E-state index contributed by atoms with van der Waals surface area (Å²) < 4.78 is 42.9. The van der Waals surface area contributed by atoms with Crippen molar-refractivity contribution in [3.63, 3.8) is 0 Å². The first-order valence-corrected chi connectivity index (χ1v) is 8.71. The molecule has 0 spiro atoms. The maximum Gasteiger partial charge on any atom is 0.446 e. The fourth-order valence-electron chi connectivity index (χ4n) is 2.53. The van der Waals surface area contributed by atoms with Crippen molar-refractivity contribution >= 4 is 23.8 Å². The fourth-order valence-corrected chi connectivity index (χ4v) is 3.07. The molecule has 0 amide bonds. The molecule has 8 heteroatoms. The van der Waals surface area contributed by atoms with Crippen LogP contribution in [-0.2, 0) is 0 Å². The zero-order valence-corrected chi connectivity index (χ0v) is 15.1. The van der Waals surface area contributed by atoms with Crippen LogP contribution in [0, 0.1) is 6.92 Å². The van der Waals surface area contributed by atoms with Gasteiger partial charge in [-0.1, -0.05) is 0 Å². The molecule has 0 bridgehead atoms. The fraction of sp³-hybridized carbons (Fsp3) is 0.278. The molecule has 1 aliphatic heterocycles. The van der Waals surface area contributed by atoms with Gasteiger partial charge in [-0.25, -0.2) is 0 Å². The van der Waals surface area contributed by atoms with Crippen molar-refractivity contribution in [3.8, 4) is 11.5 Å². The van der Waals surface area contributed by atoms with Gasteiger partial charge < -0.3 is 9.64 Å². The van der Waals surface area contributed by atoms with E-state index in [0.29, 0.717) is 18.2 Å². The number of rotatable bonds is 4. The lowest BCUT2D eigenvalue weighted by atomic mass is 10.2. The number of aliphatic imine (C=N–C) groups is 1. The second-order valence-corrected chi connectivity index (χ2v) is 7.12. The van der Waals surface area contributed by atoms with E-state index in [4.69, 9.17) is 4.74 Å². The zero-order valence-electron chi connectivity index (χ0n) is 14.3. The van der Waals surface area contributed by atoms with Gasteiger partial charge in [-0.05, 0) is 73.8 Å². The Labute approximate surface area is 154 Å². The molecule has 3 rings (SSSR count). The summed E-state index contributed by atoms with van der Waals surface area (Å²) in [4.78, 5) is 8.53. The second-order valence-electron chi connectivity index (χ2n) is 5.98. The SMILES string of the molecule is Cc1cc(N2C=NCN(C)C2)ccc1Oc1ccc(SC(F)(F)F)cc1. The number of ether oxygens (including phenoxy) is 1. The normalized spacial score (nSPS) is 15.3. The van der Waals surface area contributed by atoms with Gasteiger partial charge in [-0.2, -0.15) is 13.2 Å². The van der Waals surface area contributed by atoms with Gasteiger partial charge in [0, 0.05) is 10.6 Å². The summed E-state index contributed by atoms with van der Waals surface area (Å²) >= 11 is -0.141. The molecule has 0 aromatic heterocycles. The van der Waals surface area contributed by atoms with Gasteiger partial charge in [0.15, 0.2) is 0 Å². The summed E-state index contributed by atoms with van der Waals surface area (Å²) in [5.41, 5.74) is -2.36. The standard InChI is InChI=1S/C18H18F3N3OS/c1-13-9-14(24-11-22-10-23(2)12-24)3-8-17(13)25-15-4-6-16(7-5-15)26-18(19,20)21/h3-9,11H,10,12H2,1-2H3. The largest absolute Gasteiger partial charge is 0.457 e. The van der Waals surface area contributed by atoms with Crippen LogP contribution in [0.3, 0.4) is 0 Å². The Hall–Kier alpha value is -2.19. The molecule has 0 saturated heterocycles. The second kappa shape index (κ2) is 7.59. The molecule has 138 valence electrons. The number of halogens is 3. The van der Waals surface area contributed by atoms with Crippen LogP contribution in [0.25, 0.3) is 0 Å². The predicted octanol–water partition coefficient (Wildman–Crippen LogP) is 5.09. The van der Waals surface area contributed by atoms with Crippen LogP contribution in [0.15, 0.2) is 52.4 Å². The van der Waals surface area contributed by atoms with Gasteiger partial charge in [0.2, 0.25) is 0 Å². The number of alkyl halides is 3. The quantitative estimate of drug-likeness (QED) is 0.690. The number of benzene rings is 2. The predicted molar refractivity (Wildman–Crippen MR) is 98.1 cm³/mol. The smallest absolute Gasteiger partial charge is 0.446 e. The van der Waals surface area contributed by atoms with Crippen molar-refractivity contribution in [2.24, 2.45) is 4.99 Å². The van der Waals surface area contributed by atoms with Gasteiger partial charge in [-0.3, -0.25) is 9.89 Å². The van der Waals surface area contributed by atoms with E-state index in [-0.39, 0.29) is 16.7 Å². The Balaban J connectivity index is 1.70. The van der Waals surface area contributed by atoms with Crippen molar-refractivity contribution in [1.82, 2.24) is 4.90 Å². The molecular formula is C18H18F3N3OS. The van der Waals surface area contributed by atoms with Gasteiger partial charge in [0.05, 0.1) is 19.7 Å². The third-order valence-electron chi connectivity index (χ3n) is 3.71. The topological polar surface area (TPSA) is 28.1 Å². The lowest BCUT2D eigenvalue weighted by molar-refractivity contribution is -0.0328. The van der Waals surface area contributed by atoms with E-state index in [0.717, 1.165) is 17.9 Å². The Bertz CT molecular complexity index is 793. The summed E-state index contributed by atoms with van der Waals surface area (Å²) in [7, 11) is 1.99. The first-order valence-electron chi connectivity index (χ1n) is 7.89. The highest BCUT2D eigenvalue weighted by Crippen LogP contribution is 2.38. The molecule has 1 heterocycles. The van der Waals surface area contributed by atoms with Crippen LogP contribution >= 0.6 is 11.8 Å². The number of hydrogen-bond acceptors (Lipinski definition) is 5. The Morgan fingerprint density at radius 2 is 1.85 bits per heavy atom. The average Bonchev–Trinajstić information content (AvgIpc) is 2.57. The van der Waals surface area contributed by atoms with Gasteiger partial charge in [0.25, 0.3) is 0 Å². The highest BCUT2D eigenvalue weighted by atomic mass is 32.2. The third kappa shape index (κ3) is 4.92. The molecule has 4 nitrogen and oxygen atoms in total. The van der Waals surface area contributed by atoms with Crippen molar-refractivity contribution in [3.05, 3.63) is 48.0 Å². The minimum Gasteiger partial charge on any atom is -0.457 e. The molecule has 0 saturated carbocycles. The average molecular weight is 381 g/mol. The molecule has 0 unspecified atom stereocenters. The van der Waals surface area contributed by atoms with E-state index in [1.807, 2.05) is 43.4 Å². The molecular weight excluding hydrogens is 363 g/mol. The van der Waals surface area contributed by atoms with Crippen LogP contribution in [0.2, 0.25) is 0 Å². The molecule has 0 atom stereocenters. The van der Waals surface area contributed by atoms with E-state index >= 15 is 0 Å². The van der Waals surface area contributed by atoms with Crippen molar-refractivity contribution in [2.75, 3.05) is 25.3 Å². The molecule has 0 N–H and O–H groups in total. The first kappa shape index (κ1) is 18.6. The van der Waals surface area contributed by atoms with Gasteiger partial charge >= 0.3 is 5.51 Å². The summed E-state index contributed by atoms with van der Waals surface area (Å²) in [6.07, 6.45) is 1.81. The van der Waals surface area contributed by atoms with Crippen LogP contribution in [0.1, 0.15) is 5.56 Å². The van der Waals surface area contributed by atoms with E-state index in [2.05, 4.69) is 9.89 Å². The monoisotopic (exact) mass is 381 g/mol. The number of aryl methyl sites for hydroxylation is 1. The Kier molecular flexibility index (Phi) is 5.43. The molecule has 0 fully saturated rings. The van der Waals surface area contributed by atoms with E-state index in [1.165, 1.54) is 24.3 Å². The lowest BCUT2D eigenvalue weighted by Crippen LogP contribution is -2.39. The van der Waals surface area contributed by atoms with E-state index < -0.39 is 5.51 Å². The highest BCUT2D eigenvalue weighted by molar-refractivity contribution is 8.00. The van der Waals surface area contributed by atoms with Crippen LogP contribution in [-0.4, -0.2) is 37.1 Å². The summed E-state index contributed by atoms with van der Waals surface area (Å²) in [5, 5.41) is 0. The van der Waals surface area contributed by atoms with Gasteiger partial charge in [0.1, 0.15) is 11.5 Å². The molecule has 0 aliphatic carbocycles. The minimum atomic E-state index is -4.29. The number of hydrogen-bond donors (Lipinski definition) is 0. The maximum absolute atomic E-state index is 12.4. The molecule has 2 aromatic carbocycles. The van der Waals surface area contributed by atoms with E-state index in [1.54, 1.807) is 0 Å². The Morgan fingerprint density at radius 3 is 2.46 bits per heavy atom. The minimum absolute atomic E-state index is 0.130. The number of nitrogens with zero attached hydrogens (tertiary/aromatic N) is 3. The molecule has 26 heavy (non-hydrogen) atoms. The highest BCUT2D eigenvalue weighted by Gasteiger charge is 2.29. The molecule has 1 aliphatic rings. The summed E-state index contributed by atoms with van der Waals surface area (Å²) in [5.74, 6) is 1.15. The van der Waals surface area contributed by atoms with Crippen molar-refractivity contribution in [1.29, 1.82) is 0 Å². The third-order valence-corrected chi connectivity index (χ3v) is 4.45. The summed E-state index contributed by atoms with van der Waals surface area (Å²) in [6.45, 7) is 3.36. The lowest BCUT2D eigenvalue weighted by Gasteiger charge is -2.29. The van der Waals surface area contributed by atoms with Crippen molar-refractivity contribution in [2.45, 2.75) is 17.3 Å². The molecule has 2 aromatic rings. The first-order chi connectivity index (χ1) is 12.3. The van der Waals surface area contributed by atoms with Crippen LogP contribution < -0.4 is 9.64 Å². The zero-order chi connectivity index (χ0) is 18.7. The van der Waals surface area contributed by atoms with Crippen LogP contribution in [0.5, 0.6) is 11.5 Å². The molecule has 0 radical (unpaired) electrons. The number of thioether (sulfide) groups is 1. The van der Waals surface area contributed by atoms with Crippen LogP contribution in [0.4, 0.5) is 18.9 Å². The number of anilines is 1. The summed E-state index contributed by atoms with van der Waals surface area (Å²) in [6, 6.07) is 11.6. The van der Waals surface area contributed by atoms with Gasteiger partial charge in [-0.15, -0.1) is 0 Å².